The Morgan fingerprint density at radius 3 is 2.27 bits per heavy atom. The number of methoxy groups -OCH3 is 1. The maximum Gasteiger partial charge on any atom is 0.161 e. The molecule has 0 unspecified atom stereocenters. The lowest BCUT2D eigenvalue weighted by Crippen LogP contribution is -2.10. The molecule has 0 spiro atoms. The van der Waals surface area contributed by atoms with Gasteiger partial charge in [0.05, 0.1) is 7.11 Å². The molecule has 0 amide bonds. The van der Waals surface area contributed by atoms with Crippen molar-refractivity contribution in [1.29, 1.82) is 0 Å². The molecule has 0 bridgehead atoms. The fraction of sp³-hybridized carbons (Fsp3) is 0.278. The maximum atomic E-state index is 11.4. The van der Waals surface area contributed by atoms with Crippen molar-refractivity contribution in [3.8, 4) is 17.2 Å². The average Bonchev–Trinajstić information content (AvgIpc) is 2.53. The Morgan fingerprint density at radius 1 is 0.955 bits per heavy atom. The highest BCUT2D eigenvalue weighted by atomic mass is 16.5. The topological polar surface area (TPSA) is 44.8 Å². The molecule has 22 heavy (non-hydrogen) atoms. The van der Waals surface area contributed by atoms with E-state index in [0.29, 0.717) is 30.3 Å². The molecular formula is C18H20O4. The van der Waals surface area contributed by atoms with E-state index in [1.165, 1.54) is 6.92 Å². The van der Waals surface area contributed by atoms with Crippen molar-refractivity contribution in [3.05, 3.63) is 53.6 Å². The van der Waals surface area contributed by atoms with Crippen molar-refractivity contribution >= 4 is 5.78 Å². The summed E-state index contributed by atoms with van der Waals surface area (Å²) in [6.45, 7) is 4.34. The smallest absolute Gasteiger partial charge is 0.161 e. The number of hydrogen-bond donors (Lipinski definition) is 0. The van der Waals surface area contributed by atoms with E-state index in [1.807, 2.05) is 31.2 Å². The van der Waals surface area contributed by atoms with E-state index >= 15 is 0 Å². The number of hydrogen-bond acceptors (Lipinski definition) is 4. The number of Topliss-reactive ketones (excluding diaryl/α,β-unsaturated/α-hetero) is 1. The highest BCUT2D eigenvalue weighted by Gasteiger charge is 2.08. The molecule has 0 aromatic heterocycles. The van der Waals surface area contributed by atoms with Gasteiger partial charge in [-0.3, -0.25) is 4.79 Å². The molecule has 2 aromatic rings. The third-order valence-corrected chi connectivity index (χ3v) is 3.26. The summed E-state index contributed by atoms with van der Waals surface area (Å²) < 4.78 is 16.6. The van der Waals surface area contributed by atoms with Crippen molar-refractivity contribution in [2.75, 3.05) is 20.3 Å². The molecule has 0 saturated heterocycles. The van der Waals surface area contributed by atoms with Crippen molar-refractivity contribution in [1.82, 2.24) is 0 Å². The lowest BCUT2D eigenvalue weighted by Gasteiger charge is -2.13. The highest BCUT2D eigenvalue weighted by molar-refractivity contribution is 5.94. The van der Waals surface area contributed by atoms with Gasteiger partial charge in [-0.1, -0.05) is 18.2 Å². The van der Waals surface area contributed by atoms with Gasteiger partial charge < -0.3 is 14.2 Å². The van der Waals surface area contributed by atoms with E-state index in [2.05, 4.69) is 0 Å². The zero-order valence-corrected chi connectivity index (χ0v) is 13.1. The third kappa shape index (κ3) is 4.01. The zero-order chi connectivity index (χ0) is 15.9. The molecule has 0 aliphatic rings. The van der Waals surface area contributed by atoms with Crippen LogP contribution in [-0.4, -0.2) is 26.1 Å². The van der Waals surface area contributed by atoms with Gasteiger partial charge in [-0.25, -0.2) is 0 Å². The number of para-hydroxylation sites is 1. The lowest BCUT2D eigenvalue weighted by atomic mass is 10.1. The van der Waals surface area contributed by atoms with Gasteiger partial charge in [-0.15, -0.1) is 0 Å². The molecule has 0 heterocycles. The number of carbonyl (C=O) groups is 1. The molecular weight excluding hydrogens is 280 g/mol. The van der Waals surface area contributed by atoms with Crippen molar-refractivity contribution in [2.24, 2.45) is 0 Å². The van der Waals surface area contributed by atoms with Crippen LogP contribution in [-0.2, 0) is 0 Å². The van der Waals surface area contributed by atoms with Crippen LogP contribution in [0.1, 0.15) is 22.8 Å². The van der Waals surface area contributed by atoms with E-state index in [-0.39, 0.29) is 5.78 Å². The Kier molecular flexibility index (Phi) is 5.42. The number of ether oxygens (including phenoxy) is 3. The van der Waals surface area contributed by atoms with Gasteiger partial charge in [0.25, 0.3) is 0 Å². The van der Waals surface area contributed by atoms with Crippen LogP contribution < -0.4 is 14.2 Å². The summed E-state index contributed by atoms with van der Waals surface area (Å²) in [5.74, 6) is 1.99. The van der Waals surface area contributed by atoms with Gasteiger partial charge in [0, 0.05) is 5.56 Å². The predicted molar refractivity (Wildman–Crippen MR) is 85.2 cm³/mol. The highest BCUT2D eigenvalue weighted by Crippen LogP contribution is 2.28. The monoisotopic (exact) mass is 300 g/mol. The number of rotatable bonds is 7. The molecule has 0 aliphatic heterocycles. The minimum atomic E-state index is -0.00673. The van der Waals surface area contributed by atoms with Gasteiger partial charge in [-0.05, 0) is 43.7 Å². The summed E-state index contributed by atoms with van der Waals surface area (Å²) >= 11 is 0. The van der Waals surface area contributed by atoms with Gasteiger partial charge in [0.2, 0.25) is 0 Å². The summed E-state index contributed by atoms with van der Waals surface area (Å²) in [5, 5.41) is 0. The first-order chi connectivity index (χ1) is 10.6. The van der Waals surface area contributed by atoms with Crippen LogP contribution in [0.2, 0.25) is 0 Å². The maximum absolute atomic E-state index is 11.4. The van der Waals surface area contributed by atoms with E-state index in [1.54, 1.807) is 25.3 Å². The van der Waals surface area contributed by atoms with Crippen LogP contribution in [0.5, 0.6) is 17.2 Å². The Balaban J connectivity index is 1.92. The molecule has 0 aliphatic carbocycles. The molecule has 4 nitrogen and oxygen atoms in total. The standard InChI is InChI=1S/C18H20O4/c1-13-6-4-5-7-16(13)21-10-11-22-17-9-8-15(14(2)19)12-18(17)20-3/h4-9,12H,10-11H2,1-3H3. The second kappa shape index (κ2) is 7.50. The first-order valence-electron chi connectivity index (χ1n) is 7.12. The van der Waals surface area contributed by atoms with Crippen LogP contribution in [0.3, 0.4) is 0 Å². The first kappa shape index (κ1) is 15.9. The first-order valence-corrected chi connectivity index (χ1v) is 7.12. The van der Waals surface area contributed by atoms with E-state index < -0.39 is 0 Å². The van der Waals surface area contributed by atoms with Crippen LogP contribution in [0.4, 0.5) is 0 Å². The number of benzene rings is 2. The van der Waals surface area contributed by atoms with Gasteiger partial charge in [0.1, 0.15) is 19.0 Å². The predicted octanol–water partition coefficient (Wildman–Crippen LogP) is 3.66. The molecule has 0 atom stereocenters. The summed E-state index contributed by atoms with van der Waals surface area (Å²) in [4.78, 5) is 11.4. The number of ketones is 1. The SMILES string of the molecule is COc1cc(C(C)=O)ccc1OCCOc1ccccc1C. The average molecular weight is 300 g/mol. The molecule has 0 radical (unpaired) electrons. The lowest BCUT2D eigenvalue weighted by molar-refractivity contribution is 0.101. The largest absolute Gasteiger partial charge is 0.493 e. The molecule has 116 valence electrons. The Morgan fingerprint density at radius 2 is 1.64 bits per heavy atom. The van der Waals surface area contributed by atoms with E-state index in [9.17, 15) is 4.79 Å². The molecule has 0 N–H and O–H groups in total. The Hall–Kier alpha value is -2.49. The fourth-order valence-electron chi connectivity index (χ4n) is 2.03. The Bertz CT molecular complexity index is 649. The summed E-state index contributed by atoms with van der Waals surface area (Å²) in [5.41, 5.74) is 1.69. The molecule has 4 heteroatoms. The number of carbonyl (C=O) groups excluding carboxylic acids is 1. The fourth-order valence-corrected chi connectivity index (χ4v) is 2.03. The van der Waals surface area contributed by atoms with E-state index in [0.717, 1.165) is 11.3 Å². The zero-order valence-electron chi connectivity index (χ0n) is 13.1. The summed E-state index contributed by atoms with van der Waals surface area (Å²) in [7, 11) is 1.55. The molecule has 0 fully saturated rings. The molecule has 2 aromatic carbocycles. The van der Waals surface area contributed by atoms with Crippen molar-refractivity contribution < 1.29 is 19.0 Å². The van der Waals surface area contributed by atoms with Gasteiger partial charge in [0.15, 0.2) is 17.3 Å². The van der Waals surface area contributed by atoms with Crippen molar-refractivity contribution in [3.63, 3.8) is 0 Å². The van der Waals surface area contributed by atoms with Crippen LogP contribution in [0.25, 0.3) is 0 Å². The van der Waals surface area contributed by atoms with Crippen molar-refractivity contribution in [2.45, 2.75) is 13.8 Å². The second-order valence-electron chi connectivity index (χ2n) is 4.88. The molecule has 0 saturated carbocycles. The van der Waals surface area contributed by atoms with Crippen LogP contribution >= 0.6 is 0 Å². The van der Waals surface area contributed by atoms with Gasteiger partial charge in [-0.2, -0.15) is 0 Å². The summed E-state index contributed by atoms with van der Waals surface area (Å²) in [6, 6.07) is 13.0. The van der Waals surface area contributed by atoms with Gasteiger partial charge >= 0.3 is 0 Å². The minimum absolute atomic E-state index is 0.00673. The normalized spacial score (nSPS) is 10.1. The Labute approximate surface area is 130 Å². The van der Waals surface area contributed by atoms with Crippen LogP contribution in [0.15, 0.2) is 42.5 Å². The third-order valence-electron chi connectivity index (χ3n) is 3.26. The molecule has 2 rings (SSSR count). The number of aryl methyl sites for hydroxylation is 1. The second-order valence-corrected chi connectivity index (χ2v) is 4.88. The summed E-state index contributed by atoms with van der Waals surface area (Å²) in [6.07, 6.45) is 0. The quantitative estimate of drug-likeness (QED) is 0.578. The minimum Gasteiger partial charge on any atom is -0.493 e. The van der Waals surface area contributed by atoms with E-state index in [4.69, 9.17) is 14.2 Å². The van der Waals surface area contributed by atoms with Crippen LogP contribution in [0, 0.1) is 6.92 Å².